The minimum atomic E-state index is -0.913. The van der Waals surface area contributed by atoms with Crippen molar-refractivity contribution in [3.63, 3.8) is 0 Å². The Morgan fingerprint density at radius 1 is 1.38 bits per heavy atom. The lowest BCUT2D eigenvalue weighted by atomic mass is 9.82. The monoisotopic (exact) mass is 314 g/mol. The van der Waals surface area contributed by atoms with E-state index in [9.17, 15) is 14.7 Å². The van der Waals surface area contributed by atoms with Gasteiger partial charge in [-0.25, -0.2) is 4.98 Å². The second kappa shape index (κ2) is 7.51. The largest absolute Gasteiger partial charge is 0.481 e. The number of aromatic nitrogens is 1. The molecule has 6 nitrogen and oxygen atoms in total. The molecule has 1 heterocycles. The molecule has 0 fully saturated rings. The number of methoxy groups -OCH3 is 1. The van der Waals surface area contributed by atoms with Crippen LogP contribution in [0.15, 0.2) is 0 Å². The van der Waals surface area contributed by atoms with Crippen LogP contribution in [0.1, 0.15) is 47.1 Å². The summed E-state index contributed by atoms with van der Waals surface area (Å²) in [6.07, 6.45) is 0.936. The number of rotatable bonds is 8. The number of thiazole rings is 1. The van der Waals surface area contributed by atoms with Gasteiger partial charge in [-0.3, -0.25) is 9.59 Å². The summed E-state index contributed by atoms with van der Waals surface area (Å²) >= 11 is 1.27. The van der Waals surface area contributed by atoms with E-state index in [-0.39, 0.29) is 12.5 Å². The Morgan fingerprint density at radius 3 is 2.48 bits per heavy atom. The van der Waals surface area contributed by atoms with Gasteiger partial charge in [0.25, 0.3) is 5.91 Å². The van der Waals surface area contributed by atoms with Crippen LogP contribution in [0.4, 0.5) is 0 Å². The lowest BCUT2D eigenvalue weighted by molar-refractivity contribution is -0.149. The minimum Gasteiger partial charge on any atom is -0.481 e. The maximum atomic E-state index is 12.2. The van der Waals surface area contributed by atoms with Gasteiger partial charge in [0.05, 0.1) is 17.7 Å². The molecular formula is C14H22N2O4S. The lowest BCUT2D eigenvalue weighted by Gasteiger charge is -2.26. The molecule has 0 saturated carbocycles. The van der Waals surface area contributed by atoms with E-state index < -0.39 is 11.4 Å². The first-order chi connectivity index (χ1) is 9.90. The number of ether oxygens (including phenoxy) is 1. The van der Waals surface area contributed by atoms with E-state index in [0.29, 0.717) is 30.0 Å². The number of carbonyl (C=O) groups is 2. The van der Waals surface area contributed by atoms with Crippen molar-refractivity contribution in [1.82, 2.24) is 10.3 Å². The third-order valence-electron chi connectivity index (χ3n) is 3.71. The van der Waals surface area contributed by atoms with Crippen LogP contribution in [0.25, 0.3) is 0 Å². The summed E-state index contributed by atoms with van der Waals surface area (Å²) in [5.74, 6) is -1.16. The second-order valence-corrected chi connectivity index (χ2v) is 6.01. The Kier molecular flexibility index (Phi) is 6.29. The number of nitrogens with zero attached hydrogens (tertiary/aromatic N) is 1. The SMILES string of the molecule is CCC(CC)(CNC(=O)c1sc(COC)nc1C)C(=O)O. The average Bonchev–Trinajstić information content (AvgIpc) is 2.81. The molecule has 0 aromatic carbocycles. The Hall–Kier alpha value is -1.47. The summed E-state index contributed by atoms with van der Waals surface area (Å²) in [4.78, 5) is 28.4. The molecule has 0 spiro atoms. The van der Waals surface area contributed by atoms with E-state index in [0.717, 1.165) is 5.01 Å². The molecule has 1 aromatic rings. The Balaban J connectivity index is 2.79. The third-order valence-corrected chi connectivity index (χ3v) is 4.84. The molecule has 0 unspecified atom stereocenters. The molecule has 2 N–H and O–H groups in total. The number of hydrogen-bond acceptors (Lipinski definition) is 5. The molecule has 0 atom stereocenters. The fraction of sp³-hybridized carbons (Fsp3) is 0.643. The minimum absolute atomic E-state index is 0.116. The summed E-state index contributed by atoms with van der Waals surface area (Å²) in [5.41, 5.74) is -0.276. The van der Waals surface area contributed by atoms with Crippen molar-refractivity contribution >= 4 is 23.2 Å². The normalized spacial score (nSPS) is 11.4. The number of carboxylic acids is 1. The van der Waals surface area contributed by atoms with E-state index in [2.05, 4.69) is 10.3 Å². The van der Waals surface area contributed by atoms with Gasteiger partial charge in [0.2, 0.25) is 0 Å². The van der Waals surface area contributed by atoms with Crippen LogP contribution >= 0.6 is 11.3 Å². The second-order valence-electron chi connectivity index (χ2n) is 4.93. The number of carboxylic acid groups (broad SMARTS) is 1. The maximum absolute atomic E-state index is 12.2. The van der Waals surface area contributed by atoms with Crippen LogP contribution in [0, 0.1) is 12.3 Å². The summed E-state index contributed by atoms with van der Waals surface area (Å²) in [5, 5.41) is 12.8. The Morgan fingerprint density at radius 2 is 2.00 bits per heavy atom. The van der Waals surface area contributed by atoms with Crippen molar-refractivity contribution in [2.45, 2.75) is 40.2 Å². The van der Waals surface area contributed by atoms with Crippen molar-refractivity contribution in [2.75, 3.05) is 13.7 Å². The molecule has 1 amide bonds. The van der Waals surface area contributed by atoms with E-state index >= 15 is 0 Å². The molecule has 0 aliphatic rings. The highest BCUT2D eigenvalue weighted by Gasteiger charge is 2.35. The topological polar surface area (TPSA) is 88.5 Å². The average molecular weight is 314 g/mol. The summed E-state index contributed by atoms with van der Waals surface area (Å²) in [7, 11) is 1.57. The quantitative estimate of drug-likeness (QED) is 0.768. The van der Waals surface area contributed by atoms with Crippen LogP contribution in [-0.2, 0) is 16.1 Å². The van der Waals surface area contributed by atoms with Crippen LogP contribution in [-0.4, -0.2) is 35.6 Å². The Labute approximate surface area is 128 Å². The molecule has 0 saturated heterocycles. The molecule has 0 radical (unpaired) electrons. The van der Waals surface area contributed by atoms with Crippen molar-refractivity contribution in [1.29, 1.82) is 0 Å². The van der Waals surface area contributed by atoms with Crippen LogP contribution < -0.4 is 5.32 Å². The fourth-order valence-corrected chi connectivity index (χ4v) is 3.01. The third kappa shape index (κ3) is 4.01. The van der Waals surface area contributed by atoms with Crippen molar-refractivity contribution in [2.24, 2.45) is 5.41 Å². The van der Waals surface area contributed by atoms with Gasteiger partial charge in [0.15, 0.2) is 0 Å². The number of hydrogen-bond donors (Lipinski definition) is 2. The van der Waals surface area contributed by atoms with E-state index in [1.54, 1.807) is 14.0 Å². The standard InChI is InChI=1S/C14H22N2O4S/c1-5-14(6-2,13(18)19)8-15-12(17)11-9(3)16-10(21-11)7-20-4/h5-8H2,1-4H3,(H,15,17)(H,18,19). The molecule has 0 aliphatic carbocycles. The summed E-state index contributed by atoms with van der Waals surface area (Å²) in [6.45, 7) is 5.87. The van der Waals surface area contributed by atoms with Gasteiger partial charge < -0.3 is 15.2 Å². The molecule has 0 bridgehead atoms. The number of aliphatic carboxylic acids is 1. The van der Waals surface area contributed by atoms with Gasteiger partial charge in [-0.2, -0.15) is 0 Å². The highest BCUT2D eigenvalue weighted by atomic mass is 32.1. The number of amides is 1. The summed E-state index contributed by atoms with van der Waals surface area (Å²) in [6, 6.07) is 0. The number of carbonyl (C=O) groups excluding carboxylic acids is 1. The van der Waals surface area contributed by atoms with Gasteiger partial charge >= 0.3 is 5.97 Å². The predicted molar refractivity (Wildman–Crippen MR) is 80.5 cm³/mol. The summed E-state index contributed by atoms with van der Waals surface area (Å²) < 4.78 is 4.99. The van der Waals surface area contributed by atoms with Crippen molar-refractivity contribution in [3.8, 4) is 0 Å². The lowest BCUT2D eigenvalue weighted by Crippen LogP contribution is -2.42. The van der Waals surface area contributed by atoms with Crippen LogP contribution in [0.3, 0.4) is 0 Å². The highest BCUT2D eigenvalue weighted by Crippen LogP contribution is 2.26. The van der Waals surface area contributed by atoms with E-state index in [1.165, 1.54) is 11.3 Å². The predicted octanol–water partition coefficient (Wildman–Crippen LogP) is 2.22. The van der Waals surface area contributed by atoms with Gasteiger partial charge in [0.1, 0.15) is 9.88 Å². The first kappa shape index (κ1) is 17.6. The zero-order valence-corrected chi connectivity index (χ0v) is 13.7. The molecular weight excluding hydrogens is 292 g/mol. The van der Waals surface area contributed by atoms with E-state index in [1.807, 2.05) is 13.8 Å². The molecule has 1 rings (SSSR count). The fourth-order valence-electron chi connectivity index (χ4n) is 2.06. The van der Waals surface area contributed by atoms with E-state index in [4.69, 9.17) is 4.74 Å². The van der Waals surface area contributed by atoms with Gasteiger partial charge in [0, 0.05) is 13.7 Å². The van der Waals surface area contributed by atoms with Crippen molar-refractivity contribution < 1.29 is 19.4 Å². The maximum Gasteiger partial charge on any atom is 0.311 e. The number of aryl methyl sites for hydroxylation is 1. The molecule has 1 aromatic heterocycles. The zero-order chi connectivity index (χ0) is 16.0. The molecule has 118 valence electrons. The molecule has 21 heavy (non-hydrogen) atoms. The zero-order valence-electron chi connectivity index (χ0n) is 12.9. The van der Waals surface area contributed by atoms with Gasteiger partial charge in [-0.1, -0.05) is 13.8 Å². The highest BCUT2D eigenvalue weighted by molar-refractivity contribution is 7.13. The smallest absolute Gasteiger partial charge is 0.311 e. The molecule has 7 heteroatoms. The number of nitrogens with one attached hydrogen (secondary N) is 1. The first-order valence-electron chi connectivity index (χ1n) is 6.87. The van der Waals surface area contributed by atoms with Gasteiger partial charge in [-0.15, -0.1) is 11.3 Å². The molecule has 0 aliphatic heterocycles. The van der Waals surface area contributed by atoms with Crippen molar-refractivity contribution in [3.05, 3.63) is 15.6 Å². The van der Waals surface area contributed by atoms with Crippen LogP contribution in [0.2, 0.25) is 0 Å². The van der Waals surface area contributed by atoms with Crippen LogP contribution in [0.5, 0.6) is 0 Å². The first-order valence-corrected chi connectivity index (χ1v) is 7.68. The Bertz CT molecular complexity index is 509. The van der Waals surface area contributed by atoms with Gasteiger partial charge in [-0.05, 0) is 19.8 Å².